The highest BCUT2D eigenvalue weighted by atomic mass is 16.1. The minimum Gasteiger partial charge on any atom is -0.357 e. The Bertz CT molecular complexity index is 746. The van der Waals surface area contributed by atoms with Gasteiger partial charge in [0.15, 0.2) is 5.96 Å². The van der Waals surface area contributed by atoms with E-state index in [2.05, 4.69) is 20.7 Å². The van der Waals surface area contributed by atoms with Crippen molar-refractivity contribution in [3.8, 4) is 0 Å². The molecule has 0 radical (unpaired) electrons. The molecular formula is C18H28N6O. The molecule has 0 bridgehead atoms. The van der Waals surface area contributed by atoms with Crippen LogP contribution in [0.4, 0.5) is 0 Å². The molecule has 0 aliphatic rings. The van der Waals surface area contributed by atoms with E-state index in [1.54, 1.807) is 18.3 Å². The van der Waals surface area contributed by atoms with E-state index in [0.717, 1.165) is 49.8 Å². The summed E-state index contributed by atoms with van der Waals surface area (Å²) in [6.07, 6.45) is 3.69. The standard InChI is InChI=1S/C18H28N6O/c1-4-19-18(21-14-16-10-12-22-23(16)3)20-11-5-6-13-24-15(2)8-7-9-17(24)25/h7-10,12H,4-6,11,13-14H2,1-3H3,(H2,19,20,21). The lowest BCUT2D eigenvalue weighted by Crippen LogP contribution is -2.37. The van der Waals surface area contributed by atoms with Crippen LogP contribution in [0.2, 0.25) is 0 Å². The van der Waals surface area contributed by atoms with Crippen LogP contribution < -0.4 is 16.2 Å². The van der Waals surface area contributed by atoms with Crippen LogP contribution in [-0.2, 0) is 20.1 Å². The van der Waals surface area contributed by atoms with Crippen LogP contribution in [0.3, 0.4) is 0 Å². The average molecular weight is 344 g/mol. The van der Waals surface area contributed by atoms with E-state index >= 15 is 0 Å². The smallest absolute Gasteiger partial charge is 0.250 e. The number of hydrogen-bond donors (Lipinski definition) is 2. The molecule has 0 unspecified atom stereocenters. The van der Waals surface area contributed by atoms with Crippen molar-refractivity contribution in [2.45, 2.75) is 39.8 Å². The molecule has 0 fully saturated rings. The van der Waals surface area contributed by atoms with Crippen molar-refractivity contribution in [1.82, 2.24) is 25.0 Å². The average Bonchev–Trinajstić information content (AvgIpc) is 2.99. The van der Waals surface area contributed by atoms with Gasteiger partial charge in [0.05, 0.1) is 12.2 Å². The van der Waals surface area contributed by atoms with Gasteiger partial charge in [-0.15, -0.1) is 0 Å². The molecule has 0 saturated heterocycles. The molecule has 2 heterocycles. The highest BCUT2D eigenvalue weighted by molar-refractivity contribution is 5.79. The minimum absolute atomic E-state index is 0.0686. The van der Waals surface area contributed by atoms with Gasteiger partial charge in [0.1, 0.15) is 0 Å². The predicted octanol–water partition coefficient (Wildman–Crippen LogP) is 1.43. The number of aromatic nitrogens is 3. The van der Waals surface area contributed by atoms with Gasteiger partial charge in [-0.05, 0) is 38.8 Å². The molecule has 0 spiro atoms. The molecule has 7 nitrogen and oxygen atoms in total. The number of aryl methyl sites for hydroxylation is 2. The molecule has 0 aromatic carbocycles. The number of hydrogen-bond acceptors (Lipinski definition) is 3. The first-order chi connectivity index (χ1) is 12.1. The van der Waals surface area contributed by atoms with Crippen molar-refractivity contribution in [3.63, 3.8) is 0 Å². The van der Waals surface area contributed by atoms with Gasteiger partial charge in [-0.2, -0.15) is 5.10 Å². The normalized spacial score (nSPS) is 11.6. The summed E-state index contributed by atoms with van der Waals surface area (Å²) in [5.74, 6) is 0.803. The summed E-state index contributed by atoms with van der Waals surface area (Å²) in [4.78, 5) is 16.4. The fourth-order valence-corrected chi connectivity index (χ4v) is 2.57. The SMILES string of the molecule is CCNC(=NCc1ccnn1C)NCCCCn1c(C)cccc1=O. The van der Waals surface area contributed by atoms with E-state index in [4.69, 9.17) is 0 Å². The Morgan fingerprint density at radius 3 is 2.76 bits per heavy atom. The van der Waals surface area contributed by atoms with Gasteiger partial charge in [-0.1, -0.05) is 6.07 Å². The monoisotopic (exact) mass is 344 g/mol. The van der Waals surface area contributed by atoms with Crippen LogP contribution in [0.25, 0.3) is 0 Å². The molecule has 0 aliphatic heterocycles. The van der Waals surface area contributed by atoms with Gasteiger partial charge in [0, 0.05) is 44.6 Å². The lowest BCUT2D eigenvalue weighted by Gasteiger charge is -2.12. The summed E-state index contributed by atoms with van der Waals surface area (Å²) in [6.45, 7) is 6.98. The van der Waals surface area contributed by atoms with Gasteiger partial charge >= 0.3 is 0 Å². The van der Waals surface area contributed by atoms with Gasteiger partial charge in [0.2, 0.25) is 0 Å². The zero-order valence-electron chi connectivity index (χ0n) is 15.3. The number of pyridine rings is 1. The van der Waals surface area contributed by atoms with Gasteiger partial charge < -0.3 is 15.2 Å². The molecule has 7 heteroatoms. The zero-order valence-corrected chi connectivity index (χ0v) is 15.3. The van der Waals surface area contributed by atoms with Crippen molar-refractivity contribution < 1.29 is 0 Å². The van der Waals surface area contributed by atoms with Crippen LogP contribution in [0.15, 0.2) is 40.2 Å². The maximum Gasteiger partial charge on any atom is 0.250 e. The molecule has 0 atom stereocenters. The second-order valence-corrected chi connectivity index (χ2v) is 5.93. The van der Waals surface area contributed by atoms with Crippen molar-refractivity contribution in [2.75, 3.05) is 13.1 Å². The minimum atomic E-state index is 0.0686. The number of unbranched alkanes of at least 4 members (excludes halogenated alkanes) is 1. The molecule has 2 N–H and O–H groups in total. The van der Waals surface area contributed by atoms with E-state index in [9.17, 15) is 4.79 Å². The van der Waals surface area contributed by atoms with E-state index in [1.165, 1.54) is 0 Å². The second-order valence-electron chi connectivity index (χ2n) is 5.93. The molecule has 2 aromatic heterocycles. The van der Waals surface area contributed by atoms with Crippen LogP contribution in [0.1, 0.15) is 31.2 Å². The van der Waals surface area contributed by atoms with E-state index in [1.807, 2.05) is 42.3 Å². The van der Waals surface area contributed by atoms with Gasteiger partial charge in [-0.3, -0.25) is 9.48 Å². The quantitative estimate of drug-likeness (QED) is 0.431. The number of guanidine groups is 1. The fraction of sp³-hybridized carbons (Fsp3) is 0.500. The first-order valence-electron chi connectivity index (χ1n) is 8.77. The van der Waals surface area contributed by atoms with Crippen LogP contribution in [0, 0.1) is 6.92 Å². The molecule has 0 amide bonds. The Balaban J connectivity index is 1.77. The van der Waals surface area contributed by atoms with Crippen LogP contribution >= 0.6 is 0 Å². The van der Waals surface area contributed by atoms with Crippen LogP contribution in [-0.4, -0.2) is 33.4 Å². The first kappa shape index (κ1) is 18.8. The Kier molecular flexibility index (Phi) is 7.25. The molecule has 0 saturated carbocycles. The van der Waals surface area contributed by atoms with Crippen molar-refractivity contribution in [2.24, 2.45) is 12.0 Å². The summed E-state index contributed by atoms with van der Waals surface area (Å²) in [5, 5.41) is 10.7. The Morgan fingerprint density at radius 1 is 1.24 bits per heavy atom. The largest absolute Gasteiger partial charge is 0.357 e. The van der Waals surface area contributed by atoms with E-state index in [-0.39, 0.29) is 5.56 Å². The lowest BCUT2D eigenvalue weighted by molar-refractivity contribution is 0.574. The van der Waals surface area contributed by atoms with E-state index < -0.39 is 0 Å². The Morgan fingerprint density at radius 2 is 2.08 bits per heavy atom. The first-order valence-corrected chi connectivity index (χ1v) is 8.77. The molecular weight excluding hydrogens is 316 g/mol. The number of rotatable bonds is 8. The third kappa shape index (κ3) is 5.77. The summed E-state index contributed by atoms with van der Waals surface area (Å²) in [6, 6.07) is 7.35. The topological polar surface area (TPSA) is 76.2 Å². The highest BCUT2D eigenvalue weighted by Gasteiger charge is 2.01. The third-order valence-electron chi connectivity index (χ3n) is 4.03. The maximum absolute atomic E-state index is 11.8. The van der Waals surface area contributed by atoms with Crippen molar-refractivity contribution in [3.05, 3.63) is 52.2 Å². The molecule has 25 heavy (non-hydrogen) atoms. The number of nitrogens with zero attached hydrogens (tertiary/aromatic N) is 4. The summed E-state index contributed by atoms with van der Waals surface area (Å²) < 4.78 is 3.65. The third-order valence-corrected chi connectivity index (χ3v) is 4.03. The molecule has 2 aromatic rings. The van der Waals surface area contributed by atoms with E-state index in [0.29, 0.717) is 6.54 Å². The van der Waals surface area contributed by atoms with Crippen molar-refractivity contribution >= 4 is 5.96 Å². The predicted molar refractivity (Wildman–Crippen MR) is 101 cm³/mol. The Hall–Kier alpha value is -2.57. The molecule has 136 valence electrons. The highest BCUT2D eigenvalue weighted by Crippen LogP contribution is 1.99. The second kappa shape index (κ2) is 9.66. The zero-order chi connectivity index (χ0) is 18.1. The maximum atomic E-state index is 11.8. The lowest BCUT2D eigenvalue weighted by atomic mass is 10.3. The van der Waals surface area contributed by atoms with Gasteiger partial charge in [-0.25, -0.2) is 4.99 Å². The van der Waals surface area contributed by atoms with Crippen molar-refractivity contribution in [1.29, 1.82) is 0 Å². The molecule has 2 rings (SSSR count). The van der Waals surface area contributed by atoms with Gasteiger partial charge in [0.25, 0.3) is 5.56 Å². The fourth-order valence-electron chi connectivity index (χ4n) is 2.57. The number of aliphatic imine (C=N–C) groups is 1. The summed E-state index contributed by atoms with van der Waals surface area (Å²) >= 11 is 0. The molecule has 0 aliphatic carbocycles. The van der Waals surface area contributed by atoms with Crippen LogP contribution in [0.5, 0.6) is 0 Å². The summed E-state index contributed by atoms with van der Waals surface area (Å²) in [7, 11) is 1.92. The number of nitrogens with one attached hydrogen (secondary N) is 2. The summed E-state index contributed by atoms with van der Waals surface area (Å²) in [5.41, 5.74) is 2.14. The Labute approximate surface area is 148 Å².